The van der Waals surface area contributed by atoms with Crippen LogP contribution >= 0.6 is 15.9 Å². The molecule has 6 heteroatoms. The number of halogens is 3. The first kappa shape index (κ1) is 17.2. The minimum atomic E-state index is -0.397. The highest BCUT2D eigenvalue weighted by molar-refractivity contribution is 9.10. The normalized spacial score (nSPS) is 21.8. The molecule has 1 aliphatic carbocycles. The van der Waals surface area contributed by atoms with Crippen LogP contribution in [0, 0.1) is 17.6 Å². The average molecular weight is 453 g/mol. The molecule has 3 nitrogen and oxygen atoms in total. The Bertz CT molecular complexity index is 1290. The number of para-hydroxylation sites is 2. The quantitative estimate of drug-likeness (QED) is 0.351. The van der Waals surface area contributed by atoms with Crippen LogP contribution in [0.25, 0.3) is 11.0 Å². The van der Waals surface area contributed by atoms with Crippen molar-refractivity contribution >= 4 is 27.0 Å². The Kier molecular flexibility index (Phi) is 3.63. The molecule has 1 aliphatic heterocycles. The van der Waals surface area contributed by atoms with Crippen molar-refractivity contribution in [1.29, 1.82) is 0 Å². The van der Waals surface area contributed by atoms with Crippen molar-refractivity contribution in [1.82, 2.24) is 9.55 Å². The third-order valence-electron chi connectivity index (χ3n) is 5.91. The van der Waals surface area contributed by atoms with E-state index < -0.39 is 5.82 Å². The lowest BCUT2D eigenvalue weighted by Gasteiger charge is -2.21. The fourth-order valence-electron chi connectivity index (χ4n) is 4.55. The summed E-state index contributed by atoms with van der Waals surface area (Å²) in [5.41, 5.74) is 2.54. The summed E-state index contributed by atoms with van der Waals surface area (Å²) in [6, 6.07) is 17.4. The maximum atomic E-state index is 14.2. The molecule has 3 aromatic carbocycles. The Morgan fingerprint density at radius 2 is 1.72 bits per heavy atom. The molecule has 1 fully saturated rings. The summed E-state index contributed by atoms with van der Waals surface area (Å²) in [4.78, 5) is 4.72. The molecule has 29 heavy (non-hydrogen) atoms. The van der Waals surface area contributed by atoms with Crippen LogP contribution in [0.1, 0.15) is 29.8 Å². The van der Waals surface area contributed by atoms with Crippen molar-refractivity contribution in [2.24, 2.45) is 5.92 Å². The van der Waals surface area contributed by atoms with Crippen LogP contribution in [0.2, 0.25) is 0 Å². The molecule has 1 saturated carbocycles. The van der Waals surface area contributed by atoms with Gasteiger partial charge in [-0.25, -0.2) is 13.8 Å². The van der Waals surface area contributed by atoms with E-state index in [-0.39, 0.29) is 17.6 Å². The van der Waals surface area contributed by atoms with Gasteiger partial charge in [0.2, 0.25) is 0 Å². The lowest BCUT2D eigenvalue weighted by atomic mass is 10.0. The molecule has 3 unspecified atom stereocenters. The average Bonchev–Trinajstić information content (AvgIpc) is 3.33. The third kappa shape index (κ3) is 2.55. The second-order valence-corrected chi connectivity index (χ2v) is 8.47. The Hall–Kier alpha value is -2.73. The summed E-state index contributed by atoms with van der Waals surface area (Å²) >= 11 is 3.30. The summed E-state index contributed by atoms with van der Waals surface area (Å²) in [6.45, 7) is 0. The van der Waals surface area contributed by atoms with Gasteiger partial charge in [-0.1, -0.05) is 30.3 Å². The van der Waals surface area contributed by atoms with Gasteiger partial charge in [-0.2, -0.15) is 0 Å². The summed E-state index contributed by atoms with van der Waals surface area (Å²) < 4.78 is 36.8. The molecule has 1 aromatic heterocycles. The van der Waals surface area contributed by atoms with Crippen LogP contribution in [0.4, 0.5) is 8.78 Å². The highest BCUT2D eigenvalue weighted by Crippen LogP contribution is 2.63. The number of aromatic nitrogens is 2. The van der Waals surface area contributed by atoms with Crippen LogP contribution in [0.3, 0.4) is 0 Å². The standard InChI is InChI=1S/C23H15BrF2N2O/c24-15-10-19-18(11-17(15)26)27-23-14-9-13(14)22(28(19)23)12-5-1-3-7-20(12)29-21-8-4-2-6-16(21)25/h1-8,10-11,13-14,22H,9H2. The van der Waals surface area contributed by atoms with Gasteiger partial charge < -0.3 is 9.30 Å². The predicted octanol–water partition coefficient (Wildman–Crippen LogP) is 6.58. The van der Waals surface area contributed by atoms with E-state index in [4.69, 9.17) is 9.72 Å². The molecule has 0 saturated heterocycles. The van der Waals surface area contributed by atoms with Crippen molar-refractivity contribution in [3.05, 3.63) is 88.2 Å². The largest absolute Gasteiger partial charge is 0.454 e. The van der Waals surface area contributed by atoms with E-state index in [0.29, 0.717) is 27.6 Å². The number of nitrogens with zero attached hydrogens (tertiary/aromatic N) is 2. The SMILES string of the molecule is Fc1cc2nc3n(c2cc1Br)C(c1ccccc1Oc1ccccc1F)C1CC31. The number of ether oxygens (including phenoxy) is 1. The van der Waals surface area contributed by atoms with Gasteiger partial charge >= 0.3 is 0 Å². The minimum Gasteiger partial charge on any atom is -0.454 e. The molecule has 144 valence electrons. The second-order valence-electron chi connectivity index (χ2n) is 7.62. The molecular formula is C23H15BrF2N2O. The molecule has 2 heterocycles. The minimum absolute atomic E-state index is 0.0281. The van der Waals surface area contributed by atoms with Crippen LogP contribution < -0.4 is 4.74 Å². The van der Waals surface area contributed by atoms with Gasteiger partial charge in [0.05, 0.1) is 21.5 Å². The van der Waals surface area contributed by atoms with Gasteiger partial charge in [0, 0.05) is 17.5 Å². The van der Waals surface area contributed by atoms with Crippen molar-refractivity contribution in [3.63, 3.8) is 0 Å². The number of benzene rings is 3. The number of rotatable bonds is 3. The lowest BCUT2D eigenvalue weighted by Crippen LogP contribution is -2.11. The highest BCUT2D eigenvalue weighted by Gasteiger charge is 2.55. The maximum Gasteiger partial charge on any atom is 0.165 e. The van der Waals surface area contributed by atoms with E-state index in [9.17, 15) is 8.78 Å². The topological polar surface area (TPSA) is 27.1 Å². The Balaban J connectivity index is 1.50. The van der Waals surface area contributed by atoms with Gasteiger partial charge in [-0.15, -0.1) is 0 Å². The van der Waals surface area contributed by atoms with E-state index >= 15 is 0 Å². The Morgan fingerprint density at radius 1 is 0.966 bits per heavy atom. The summed E-state index contributed by atoms with van der Waals surface area (Å²) in [5.74, 6) is 1.91. The monoisotopic (exact) mass is 452 g/mol. The fourth-order valence-corrected chi connectivity index (χ4v) is 4.88. The lowest BCUT2D eigenvalue weighted by molar-refractivity contribution is 0.427. The molecular weight excluding hydrogens is 438 g/mol. The first-order valence-electron chi connectivity index (χ1n) is 9.50. The maximum absolute atomic E-state index is 14.2. The van der Waals surface area contributed by atoms with Gasteiger partial charge in [-0.05, 0) is 52.5 Å². The number of fused-ring (bicyclic) bond motifs is 5. The number of hydrogen-bond acceptors (Lipinski definition) is 2. The van der Waals surface area contributed by atoms with Gasteiger partial charge in [0.25, 0.3) is 0 Å². The summed E-state index contributed by atoms with van der Waals surface area (Å²) in [6.07, 6.45) is 1.05. The fraction of sp³-hybridized carbons (Fsp3) is 0.174. The van der Waals surface area contributed by atoms with Crippen LogP contribution in [-0.2, 0) is 0 Å². The Labute approximate surface area is 174 Å². The third-order valence-corrected chi connectivity index (χ3v) is 6.52. The van der Waals surface area contributed by atoms with Crippen molar-refractivity contribution in [2.45, 2.75) is 18.4 Å². The van der Waals surface area contributed by atoms with Gasteiger partial charge in [-0.3, -0.25) is 0 Å². The van der Waals surface area contributed by atoms with Crippen molar-refractivity contribution in [3.8, 4) is 11.5 Å². The molecule has 0 N–H and O–H groups in total. The van der Waals surface area contributed by atoms with E-state index in [1.807, 2.05) is 24.3 Å². The van der Waals surface area contributed by atoms with E-state index in [2.05, 4.69) is 20.5 Å². The smallest absolute Gasteiger partial charge is 0.165 e. The zero-order valence-corrected chi connectivity index (χ0v) is 16.7. The molecule has 0 spiro atoms. The molecule has 0 amide bonds. The van der Waals surface area contributed by atoms with E-state index in [1.165, 1.54) is 12.1 Å². The molecule has 3 atom stereocenters. The number of imidazole rings is 1. The molecule has 6 rings (SSSR count). The van der Waals surface area contributed by atoms with Crippen molar-refractivity contribution in [2.75, 3.05) is 0 Å². The summed E-state index contributed by atoms with van der Waals surface area (Å²) in [5, 5.41) is 0. The first-order valence-corrected chi connectivity index (χ1v) is 10.3. The first-order chi connectivity index (χ1) is 14.1. The van der Waals surface area contributed by atoms with E-state index in [0.717, 1.165) is 23.3 Å². The van der Waals surface area contributed by atoms with Gasteiger partial charge in [0.1, 0.15) is 17.4 Å². The molecule has 0 radical (unpaired) electrons. The zero-order valence-electron chi connectivity index (χ0n) is 15.1. The van der Waals surface area contributed by atoms with Crippen LogP contribution in [-0.4, -0.2) is 9.55 Å². The predicted molar refractivity (Wildman–Crippen MR) is 109 cm³/mol. The summed E-state index contributed by atoms with van der Waals surface area (Å²) in [7, 11) is 0. The molecule has 0 bridgehead atoms. The van der Waals surface area contributed by atoms with E-state index in [1.54, 1.807) is 24.3 Å². The molecule has 2 aliphatic rings. The van der Waals surface area contributed by atoms with Crippen LogP contribution in [0.5, 0.6) is 11.5 Å². The Morgan fingerprint density at radius 3 is 2.55 bits per heavy atom. The van der Waals surface area contributed by atoms with Crippen molar-refractivity contribution < 1.29 is 13.5 Å². The zero-order chi connectivity index (χ0) is 19.7. The highest BCUT2D eigenvalue weighted by atomic mass is 79.9. The second kappa shape index (κ2) is 6.13. The van der Waals surface area contributed by atoms with Crippen LogP contribution in [0.15, 0.2) is 65.1 Å². The molecule has 4 aromatic rings. The van der Waals surface area contributed by atoms with Gasteiger partial charge in [0.15, 0.2) is 11.6 Å². The number of hydrogen-bond donors (Lipinski definition) is 0.